The molecule has 0 radical (unpaired) electrons. The van der Waals surface area contributed by atoms with Crippen molar-refractivity contribution in [2.75, 3.05) is 13.1 Å². The van der Waals surface area contributed by atoms with Crippen molar-refractivity contribution in [2.45, 2.75) is 12.6 Å². The minimum Gasteiger partial charge on any atom is -0.481 e. The summed E-state index contributed by atoms with van der Waals surface area (Å²) >= 11 is 0. The van der Waals surface area contributed by atoms with Crippen LogP contribution in [0, 0.1) is 18.3 Å². The summed E-state index contributed by atoms with van der Waals surface area (Å²) in [6, 6.07) is 0. The van der Waals surface area contributed by atoms with Crippen molar-refractivity contribution in [1.29, 1.82) is 0 Å². The number of carbonyl (C=O) groups is 1. The summed E-state index contributed by atoms with van der Waals surface area (Å²) in [6.45, 7) is -0.475. The molecule has 0 aromatic rings. The molecule has 14 heavy (non-hydrogen) atoms. The molecular weight excluding hydrogens is 199 g/mol. The average Bonchev–Trinajstić information content (AvgIpc) is 2.01. The number of alkyl halides is 3. The van der Waals surface area contributed by atoms with Gasteiger partial charge in [0.1, 0.15) is 0 Å². The molecule has 0 aliphatic rings. The Labute approximate surface area is 79.3 Å². The van der Waals surface area contributed by atoms with E-state index in [0.717, 1.165) is 0 Å². The fourth-order valence-corrected chi connectivity index (χ4v) is 0.750. The molecule has 80 valence electrons. The van der Waals surface area contributed by atoms with Crippen LogP contribution in [0.2, 0.25) is 0 Å². The number of terminal acetylenes is 1. The van der Waals surface area contributed by atoms with Crippen LogP contribution in [0.4, 0.5) is 13.2 Å². The van der Waals surface area contributed by atoms with Gasteiger partial charge >= 0.3 is 12.1 Å². The predicted molar refractivity (Wildman–Crippen MR) is 43.5 cm³/mol. The topological polar surface area (TPSA) is 49.3 Å². The van der Waals surface area contributed by atoms with Crippen molar-refractivity contribution in [3.8, 4) is 12.3 Å². The highest BCUT2D eigenvalue weighted by Gasteiger charge is 2.44. The van der Waals surface area contributed by atoms with Crippen molar-refractivity contribution < 1.29 is 23.1 Å². The molecular formula is C8H10F3NO2. The number of rotatable bonds is 5. The van der Waals surface area contributed by atoms with Gasteiger partial charge < -0.3 is 10.4 Å². The summed E-state index contributed by atoms with van der Waals surface area (Å²) in [5.74, 6) is -2.04. The van der Waals surface area contributed by atoms with Crippen LogP contribution in [0.5, 0.6) is 0 Å². The van der Waals surface area contributed by atoms with E-state index in [1.807, 2.05) is 0 Å². The summed E-state index contributed by atoms with van der Waals surface area (Å²) in [6.07, 6.45) is 0.403. The van der Waals surface area contributed by atoms with Crippen LogP contribution < -0.4 is 5.32 Å². The Morgan fingerprint density at radius 2 is 2.14 bits per heavy atom. The molecule has 0 amide bonds. The Kier molecular flexibility index (Phi) is 5.02. The Morgan fingerprint density at radius 3 is 2.50 bits per heavy atom. The smallest absolute Gasteiger partial charge is 0.403 e. The van der Waals surface area contributed by atoms with E-state index in [2.05, 4.69) is 11.2 Å². The van der Waals surface area contributed by atoms with Crippen LogP contribution in [0.1, 0.15) is 6.42 Å². The maximum atomic E-state index is 12.0. The number of carboxylic acids is 1. The van der Waals surface area contributed by atoms with Gasteiger partial charge in [-0.15, -0.1) is 12.3 Å². The van der Waals surface area contributed by atoms with Crippen molar-refractivity contribution in [3.05, 3.63) is 0 Å². The molecule has 6 heteroatoms. The molecule has 2 N–H and O–H groups in total. The fraction of sp³-hybridized carbons (Fsp3) is 0.625. The third-order valence-corrected chi connectivity index (χ3v) is 1.49. The van der Waals surface area contributed by atoms with Crippen LogP contribution in [-0.4, -0.2) is 30.3 Å². The minimum absolute atomic E-state index is 0.177. The molecule has 1 atom stereocenters. The highest BCUT2D eigenvalue weighted by Crippen LogP contribution is 2.25. The minimum atomic E-state index is -4.73. The van der Waals surface area contributed by atoms with Gasteiger partial charge in [0.05, 0.1) is 0 Å². The monoisotopic (exact) mass is 209 g/mol. The number of halogens is 3. The lowest BCUT2D eigenvalue weighted by Crippen LogP contribution is -2.39. The van der Waals surface area contributed by atoms with E-state index in [9.17, 15) is 18.0 Å². The molecule has 0 rings (SSSR count). The van der Waals surface area contributed by atoms with Crippen LogP contribution in [0.15, 0.2) is 0 Å². The first-order valence-corrected chi connectivity index (χ1v) is 3.83. The molecule has 0 aliphatic carbocycles. The van der Waals surface area contributed by atoms with E-state index in [0.29, 0.717) is 0 Å². The second kappa shape index (κ2) is 5.50. The Balaban J connectivity index is 4.01. The van der Waals surface area contributed by atoms with Gasteiger partial charge in [0.2, 0.25) is 0 Å². The Bertz CT molecular complexity index is 232. The summed E-state index contributed by atoms with van der Waals surface area (Å²) in [7, 11) is 0. The highest BCUT2D eigenvalue weighted by atomic mass is 19.4. The SMILES string of the molecule is C#CCCNCC(C(=O)O)C(F)(F)F. The van der Waals surface area contributed by atoms with E-state index >= 15 is 0 Å². The van der Waals surface area contributed by atoms with Gasteiger partial charge in [0.25, 0.3) is 0 Å². The zero-order valence-electron chi connectivity index (χ0n) is 7.27. The van der Waals surface area contributed by atoms with Gasteiger partial charge in [-0.1, -0.05) is 0 Å². The predicted octanol–water partition coefficient (Wildman–Crippen LogP) is 0.862. The molecule has 3 nitrogen and oxygen atoms in total. The number of nitrogens with one attached hydrogen (secondary N) is 1. The maximum absolute atomic E-state index is 12.0. The van der Waals surface area contributed by atoms with Gasteiger partial charge in [-0.3, -0.25) is 4.79 Å². The molecule has 0 aromatic heterocycles. The van der Waals surface area contributed by atoms with Crippen molar-refractivity contribution in [2.24, 2.45) is 5.92 Å². The molecule has 0 aliphatic heterocycles. The van der Waals surface area contributed by atoms with Crippen LogP contribution in [0.3, 0.4) is 0 Å². The summed E-state index contributed by atoms with van der Waals surface area (Å²) in [5, 5.41) is 10.6. The average molecular weight is 209 g/mol. The molecule has 1 unspecified atom stereocenters. The molecule has 0 aromatic carbocycles. The first kappa shape index (κ1) is 12.8. The quantitative estimate of drug-likeness (QED) is 0.521. The molecule has 0 saturated heterocycles. The van der Waals surface area contributed by atoms with Crippen molar-refractivity contribution >= 4 is 5.97 Å². The lowest BCUT2D eigenvalue weighted by molar-refractivity contribution is -0.192. The normalized spacial score (nSPS) is 13.3. The van der Waals surface area contributed by atoms with E-state index in [4.69, 9.17) is 11.5 Å². The van der Waals surface area contributed by atoms with Gasteiger partial charge in [0, 0.05) is 19.5 Å². The van der Waals surface area contributed by atoms with Crippen LogP contribution in [0.25, 0.3) is 0 Å². The maximum Gasteiger partial charge on any atom is 0.403 e. The molecule has 0 saturated carbocycles. The molecule has 0 fully saturated rings. The Morgan fingerprint density at radius 1 is 1.57 bits per heavy atom. The fourth-order valence-electron chi connectivity index (χ4n) is 0.750. The Hall–Kier alpha value is -1.22. The number of hydrogen-bond donors (Lipinski definition) is 2. The second-order valence-electron chi connectivity index (χ2n) is 2.59. The van der Waals surface area contributed by atoms with Gasteiger partial charge in [-0.2, -0.15) is 13.2 Å². The lowest BCUT2D eigenvalue weighted by atomic mass is 10.1. The third-order valence-electron chi connectivity index (χ3n) is 1.49. The molecule has 0 heterocycles. The number of aliphatic carboxylic acids is 1. The first-order valence-electron chi connectivity index (χ1n) is 3.83. The van der Waals surface area contributed by atoms with E-state index in [-0.39, 0.29) is 13.0 Å². The van der Waals surface area contributed by atoms with Crippen molar-refractivity contribution in [1.82, 2.24) is 5.32 Å². The summed E-state index contributed by atoms with van der Waals surface area (Å²) in [5.41, 5.74) is 0. The van der Waals surface area contributed by atoms with Crippen LogP contribution >= 0.6 is 0 Å². The van der Waals surface area contributed by atoms with Crippen molar-refractivity contribution in [3.63, 3.8) is 0 Å². The standard InChI is InChI=1S/C8H10F3NO2/c1-2-3-4-12-5-6(7(13)14)8(9,10)11/h1,6,12H,3-5H2,(H,13,14). The molecule has 0 bridgehead atoms. The zero-order chi connectivity index (χ0) is 11.2. The van der Waals surface area contributed by atoms with E-state index in [1.54, 1.807) is 0 Å². The molecule has 0 spiro atoms. The first-order chi connectivity index (χ1) is 6.39. The third kappa shape index (κ3) is 4.72. The van der Waals surface area contributed by atoms with E-state index < -0.39 is 24.6 Å². The second-order valence-corrected chi connectivity index (χ2v) is 2.59. The summed E-state index contributed by atoms with van der Waals surface area (Å²) < 4.78 is 36.1. The largest absolute Gasteiger partial charge is 0.481 e. The zero-order valence-corrected chi connectivity index (χ0v) is 7.27. The van der Waals surface area contributed by atoms with Gasteiger partial charge in [-0.05, 0) is 0 Å². The van der Waals surface area contributed by atoms with E-state index in [1.165, 1.54) is 0 Å². The van der Waals surface area contributed by atoms with Crippen LogP contribution in [-0.2, 0) is 4.79 Å². The number of hydrogen-bond acceptors (Lipinski definition) is 2. The highest BCUT2D eigenvalue weighted by molar-refractivity contribution is 5.71. The lowest BCUT2D eigenvalue weighted by Gasteiger charge is -2.15. The number of carboxylic acid groups (broad SMARTS) is 1. The van der Waals surface area contributed by atoms with Gasteiger partial charge in [0.15, 0.2) is 5.92 Å². The van der Waals surface area contributed by atoms with Gasteiger partial charge in [-0.25, -0.2) is 0 Å². The summed E-state index contributed by atoms with van der Waals surface area (Å²) in [4.78, 5) is 10.2.